The van der Waals surface area contributed by atoms with Crippen molar-refractivity contribution >= 4 is 76.7 Å². The number of pyridine rings is 2. The lowest BCUT2D eigenvalue weighted by molar-refractivity contribution is -0.923. The average molecular weight is 564 g/mol. The van der Waals surface area contributed by atoms with Gasteiger partial charge in [-0.05, 0) is 54.6 Å². The third kappa shape index (κ3) is 1.80. The SMILES string of the molecule is Cn1cc2c3ccc4c5c3c3n(c2c1)c1ccccc1[n+]3C51c2c(ccc3c5ccccc5n5c6ccccc6[n+]1c5c23)O4. The number of hydrogen-bond donors (Lipinski definition) is 0. The number of para-hydroxylation sites is 5. The van der Waals surface area contributed by atoms with E-state index < -0.39 is 5.66 Å². The molecule has 0 fully saturated rings. The zero-order chi connectivity index (χ0) is 28.2. The monoisotopic (exact) mass is 563 g/mol. The lowest BCUT2D eigenvalue weighted by atomic mass is 9.85. The molecular weight excluding hydrogens is 542 g/mol. The van der Waals surface area contributed by atoms with Gasteiger partial charge in [-0.2, -0.15) is 17.9 Å². The Labute approximate surface area is 248 Å². The Morgan fingerprint density at radius 2 is 1.07 bits per heavy atom. The molecule has 1 unspecified atom stereocenters. The van der Waals surface area contributed by atoms with Crippen molar-refractivity contribution in [2.24, 2.45) is 7.05 Å². The fraction of sp³-hybridized carbons (Fsp3) is 0.0526. The Hall–Kier alpha value is -5.88. The number of imidazole rings is 2. The molecule has 0 N–H and O–H groups in total. The van der Waals surface area contributed by atoms with Crippen LogP contribution in [0.2, 0.25) is 0 Å². The Bertz CT molecular complexity index is 3100. The van der Waals surface area contributed by atoms with E-state index >= 15 is 0 Å². The van der Waals surface area contributed by atoms with Gasteiger partial charge < -0.3 is 9.30 Å². The molecule has 0 aliphatic carbocycles. The Morgan fingerprint density at radius 1 is 0.523 bits per heavy atom. The summed E-state index contributed by atoms with van der Waals surface area (Å²) in [7, 11) is 2.12. The third-order valence-electron chi connectivity index (χ3n) is 10.8. The second-order valence-corrected chi connectivity index (χ2v) is 12.7. The van der Waals surface area contributed by atoms with E-state index in [1.807, 2.05) is 0 Å². The summed E-state index contributed by atoms with van der Waals surface area (Å²) in [6.45, 7) is 0. The Balaban J connectivity index is 1.44. The lowest BCUT2D eigenvalue weighted by Gasteiger charge is -2.31. The molecule has 0 saturated heterocycles. The molecule has 6 heteroatoms. The fourth-order valence-electron chi connectivity index (χ4n) is 9.52. The van der Waals surface area contributed by atoms with Crippen LogP contribution in [-0.4, -0.2) is 13.4 Å². The standard InChI is InChI=1S/C38H21N5O/c1-39-18-23-22-15-17-31-35-33(22)37-41(29(23)19-39)26-11-5-7-13-28(26)43(37)38(35)34-30(44-31)16-14-21-20-8-2-3-9-24(20)40-25-10-4-6-12-27(25)42(38)36(40)32(21)34/h2-19H,1H3/q+2. The molecule has 0 radical (unpaired) electrons. The summed E-state index contributed by atoms with van der Waals surface area (Å²) in [6, 6.07) is 35.7. The molecule has 0 saturated carbocycles. The number of aromatic nitrogens is 5. The van der Waals surface area contributed by atoms with E-state index in [0.717, 1.165) is 11.5 Å². The van der Waals surface area contributed by atoms with E-state index in [1.165, 1.54) is 87.8 Å². The van der Waals surface area contributed by atoms with Crippen LogP contribution in [0.15, 0.2) is 109 Å². The summed E-state index contributed by atoms with van der Waals surface area (Å²) in [5.41, 5.74) is 11.6. The normalized spacial score (nSPS) is 17.5. The van der Waals surface area contributed by atoms with Crippen LogP contribution in [0, 0.1) is 0 Å². The Morgan fingerprint density at radius 3 is 1.73 bits per heavy atom. The first-order valence-corrected chi connectivity index (χ1v) is 15.2. The van der Waals surface area contributed by atoms with Crippen molar-refractivity contribution in [3.05, 3.63) is 121 Å². The van der Waals surface area contributed by atoms with Crippen molar-refractivity contribution in [3.63, 3.8) is 0 Å². The van der Waals surface area contributed by atoms with E-state index in [4.69, 9.17) is 4.74 Å². The van der Waals surface area contributed by atoms with Crippen molar-refractivity contribution in [2.75, 3.05) is 0 Å². The van der Waals surface area contributed by atoms with Crippen molar-refractivity contribution < 1.29 is 13.9 Å². The second kappa shape index (κ2) is 6.24. The number of ether oxygens (including phenoxy) is 1. The highest BCUT2D eigenvalue weighted by Gasteiger charge is 2.67. The van der Waals surface area contributed by atoms with Crippen LogP contribution in [0.25, 0.3) is 76.7 Å². The Kier molecular flexibility index (Phi) is 2.96. The quantitative estimate of drug-likeness (QED) is 0.144. The van der Waals surface area contributed by atoms with E-state index in [2.05, 4.69) is 139 Å². The molecule has 6 nitrogen and oxygen atoms in total. The molecule has 13 rings (SSSR count). The molecule has 3 aliphatic heterocycles. The molecule has 0 bridgehead atoms. The van der Waals surface area contributed by atoms with Crippen LogP contribution in [-0.2, 0) is 12.7 Å². The summed E-state index contributed by atoms with van der Waals surface area (Å²) >= 11 is 0. The zero-order valence-corrected chi connectivity index (χ0v) is 23.5. The van der Waals surface area contributed by atoms with Gasteiger partial charge in [-0.1, -0.05) is 42.5 Å². The van der Waals surface area contributed by atoms with Crippen molar-refractivity contribution in [1.29, 1.82) is 0 Å². The molecule has 1 atom stereocenters. The zero-order valence-electron chi connectivity index (χ0n) is 23.5. The van der Waals surface area contributed by atoms with Gasteiger partial charge in [0.1, 0.15) is 28.1 Å². The first-order chi connectivity index (χ1) is 21.8. The van der Waals surface area contributed by atoms with Gasteiger partial charge in [0, 0.05) is 34.8 Å². The predicted molar refractivity (Wildman–Crippen MR) is 171 cm³/mol. The van der Waals surface area contributed by atoms with E-state index in [0.29, 0.717) is 0 Å². The van der Waals surface area contributed by atoms with Gasteiger partial charge in [-0.3, -0.25) is 0 Å². The fourth-order valence-corrected chi connectivity index (χ4v) is 9.52. The molecule has 8 heterocycles. The molecule has 10 aromatic rings. The minimum Gasteiger partial charge on any atom is -0.456 e. The van der Waals surface area contributed by atoms with Gasteiger partial charge in [0.15, 0.2) is 27.6 Å². The number of nitrogens with zero attached hydrogens (tertiary/aromatic N) is 5. The third-order valence-corrected chi connectivity index (χ3v) is 10.8. The van der Waals surface area contributed by atoms with Crippen LogP contribution in [0.4, 0.5) is 0 Å². The molecule has 5 aromatic carbocycles. The molecule has 0 amide bonds. The van der Waals surface area contributed by atoms with Crippen molar-refractivity contribution in [2.45, 2.75) is 5.66 Å². The second-order valence-electron chi connectivity index (χ2n) is 12.7. The molecule has 3 aliphatic rings. The van der Waals surface area contributed by atoms with Gasteiger partial charge >= 0.3 is 17.0 Å². The van der Waals surface area contributed by atoms with Crippen molar-refractivity contribution in [3.8, 4) is 11.5 Å². The lowest BCUT2D eigenvalue weighted by Crippen LogP contribution is -2.71. The maximum Gasteiger partial charge on any atom is 0.316 e. The van der Waals surface area contributed by atoms with Crippen LogP contribution in [0.5, 0.6) is 11.5 Å². The first kappa shape index (κ1) is 20.9. The summed E-state index contributed by atoms with van der Waals surface area (Å²) in [4.78, 5) is 0. The largest absolute Gasteiger partial charge is 0.456 e. The molecule has 1 spiro atoms. The maximum absolute atomic E-state index is 6.95. The van der Waals surface area contributed by atoms with Gasteiger partial charge in [0.25, 0.3) is 0 Å². The predicted octanol–water partition coefficient (Wildman–Crippen LogP) is 7.05. The van der Waals surface area contributed by atoms with E-state index in [9.17, 15) is 0 Å². The molecular formula is C38H21N5O+2. The average Bonchev–Trinajstić information content (AvgIpc) is 3.84. The topological polar surface area (TPSA) is 30.7 Å². The highest BCUT2D eigenvalue weighted by Crippen LogP contribution is 2.58. The van der Waals surface area contributed by atoms with Crippen LogP contribution >= 0.6 is 0 Å². The van der Waals surface area contributed by atoms with Gasteiger partial charge in [-0.15, -0.1) is 0 Å². The molecule has 44 heavy (non-hydrogen) atoms. The van der Waals surface area contributed by atoms with Gasteiger partial charge in [-0.25, -0.2) is 0 Å². The molecule has 5 aromatic heterocycles. The maximum atomic E-state index is 6.95. The number of benzene rings is 5. The summed E-state index contributed by atoms with van der Waals surface area (Å²) in [5, 5.41) is 7.58. The summed E-state index contributed by atoms with van der Waals surface area (Å²) in [6.07, 6.45) is 4.54. The van der Waals surface area contributed by atoms with Crippen LogP contribution in [0.1, 0.15) is 11.1 Å². The molecule has 202 valence electrons. The van der Waals surface area contributed by atoms with E-state index in [1.54, 1.807) is 0 Å². The van der Waals surface area contributed by atoms with Gasteiger partial charge in [0.2, 0.25) is 0 Å². The van der Waals surface area contributed by atoms with Gasteiger partial charge in [0.05, 0.1) is 17.0 Å². The summed E-state index contributed by atoms with van der Waals surface area (Å²) in [5.74, 6) is 1.87. The smallest absolute Gasteiger partial charge is 0.316 e. The minimum absolute atomic E-state index is 0.659. The van der Waals surface area contributed by atoms with Crippen LogP contribution < -0.4 is 13.9 Å². The van der Waals surface area contributed by atoms with Crippen LogP contribution in [0.3, 0.4) is 0 Å². The number of rotatable bonds is 0. The summed E-state index contributed by atoms with van der Waals surface area (Å²) < 4.78 is 19.4. The highest BCUT2D eigenvalue weighted by atomic mass is 16.5. The number of aryl methyl sites for hydroxylation is 1. The first-order valence-electron chi connectivity index (χ1n) is 15.2. The number of fused-ring (bicyclic) bond motifs is 12. The van der Waals surface area contributed by atoms with Crippen molar-refractivity contribution in [1.82, 2.24) is 13.4 Å². The minimum atomic E-state index is -0.659. The number of hydrogen-bond acceptors (Lipinski definition) is 1. The highest BCUT2D eigenvalue weighted by molar-refractivity contribution is 6.19. The van der Waals surface area contributed by atoms with E-state index in [-0.39, 0.29) is 0 Å².